The Hall–Kier alpha value is -2.60. The lowest BCUT2D eigenvalue weighted by Gasteiger charge is -2.28. The van der Waals surface area contributed by atoms with Gasteiger partial charge in [0.25, 0.3) is 0 Å². The molecule has 2 fully saturated rings. The van der Waals surface area contributed by atoms with Crippen molar-refractivity contribution in [1.29, 1.82) is 0 Å². The van der Waals surface area contributed by atoms with E-state index in [9.17, 15) is 0 Å². The number of benzene rings is 1. The maximum Gasteiger partial charge on any atom is 0.229 e. The van der Waals surface area contributed by atoms with Gasteiger partial charge in [-0.25, -0.2) is 4.98 Å². The van der Waals surface area contributed by atoms with Gasteiger partial charge in [0.05, 0.1) is 13.2 Å². The molecule has 5 rings (SSSR count). The molecule has 6 nitrogen and oxygen atoms in total. The molecule has 0 unspecified atom stereocenters. The van der Waals surface area contributed by atoms with Gasteiger partial charge in [-0.05, 0) is 49.6 Å². The van der Waals surface area contributed by atoms with E-state index in [1.165, 1.54) is 36.9 Å². The molecule has 0 amide bonds. The SMILES string of the molecule is Cc1cn(C2CCCC2)c2nc(Nc3ccc(N4CCOCC4)cc3)ncc12. The minimum Gasteiger partial charge on any atom is -0.378 e. The highest BCUT2D eigenvalue weighted by Gasteiger charge is 2.20. The van der Waals surface area contributed by atoms with Crippen molar-refractivity contribution in [2.24, 2.45) is 0 Å². The number of aryl methyl sites for hydroxylation is 1. The molecule has 0 radical (unpaired) electrons. The normalized spacial score (nSPS) is 18.1. The smallest absolute Gasteiger partial charge is 0.229 e. The van der Waals surface area contributed by atoms with Gasteiger partial charge in [-0.1, -0.05) is 12.8 Å². The zero-order valence-corrected chi connectivity index (χ0v) is 16.4. The van der Waals surface area contributed by atoms with Gasteiger partial charge in [0.15, 0.2) is 0 Å². The maximum atomic E-state index is 5.43. The van der Waals surface area contributed by atoms with E-state index in [1.807, 2.05) is 6.20 Å². The van der Waals surface area contributed by atoms with Crippen LogP contribution in [0.15, 0.2) is 36.7 Å². The molecule has 146 valence electrons. The lowest BCUT2D eigenvalue weighted by Crippen LogP contribution is -2.36. The van der Waals surface area contributed by atoms with Crippen molar-refractivity contribution in [3.8, 4) is 0 Å². The van der Waals surface area contributed by atoms with Gasteiger partial charge in [-0.2, -0.15) is 4.98 Å². The Bertz CT molecular complexity index is 953. The fraction of sp³-hybridized carbons (Fsp3) is 0.455. The Morgan fingerprint density at radius 1 is 1.07 bits per heavy atom. The topological polar surface area (TPSA) is 55.2 Å². The lowest BCUT2D eigenvalue weighted by atomic mass is 10.2. The first kappa shape index (κ1) is 17.5. The Balaban J connectivity index is 1.38. The summed E-state index contributed by atoms with van der Waals surface area (Å²) in [5, 5.41) is 4.53. The summed E-state index contributed by atoms with van der Waals surface area (Å²) in [7, 11) is 0. The monoisotopic (exact) mass is 377 g/mol. The standard InChI is InChI=1S/C22H27N5O/c1-16-15-27(19-4-2-3-5-19)21-20(16)14-23-22(25-21)24-17-6-8-18(9-7-17)26-10-12-28-13-11-26/h6-9,14-15,19H,2-5,10-13H2,1H3,(H,23,24,25). The molecule has 0 atom stereocenters. The highest BCUT2D eigenvalue weighted by Crippen LogP contribution is 2.33. The summed E-state index contributed by atoms with van der Waals surface area (Å²) >= 11 is 0. The minimum absolute atomic E-state index is 0.576. The number of hydrogen-bond acceptors (Lipinski definition) is 5. The summed E-state index contributed by atoms with van der Waals surface area (Å²) in [6.45, 7) is 5.64. The van der Waals surface area contributed by atoms with E-state index in [1.54, 1.807) is 0 Å². The first-order valence-electron chi connectivity index (χ1n) is 10.3. The third-order valence-electron chi connectivity index (χ3n) is 5.99. The summed E-state index contributed by atoms with van der Waals surface area (Å²) in [4.78, 5) is 11.8. The van der Waals surface area contributed by atoms with Crippen LogP contribution in [0, 0.1) is 6.92 Å². The fourth-order valence-corrected chi connectivity index (χ4v) is 4.41. The van der Waals surface area contributed by atoms with Crippen LogP contribution < -0.4 is 10.2 Å². The third kappa shape index (κ3) is 3.33. The predicted octanol–water partition coefficient (Wildman–Crippen LogP) is 4.44. The lowest BCUT2D eigenvalue weighted by molar-refractivity contribution is 0.122. The second kappa shape index (κ2) is 7.43. The van der Waals surface area contributed by atoms with Crippen LogP contribution in [0.2, 0.25) is 0 Å². The van der Waals surface area contributed by atoms with Crippen LogP contribution >= 0.6 is 0 Å². The maximum absolute atomic E-state index is 5.43. The van der Waals surface area contributed by atoms with Gasteiger partial charge >= 0.3 is 0 Å². The molecule has 2 aromatic heterocycles. The number of nitrogens with one attached hydrogen (secondary N) is 1. The highest BCUT2D eigenvalue weighted by molar-refractivity contribution is 5.81. The number of fused-ring (bicyclic) bond motifs is 1. The number of nitrogens with zero attached hydrogens (tertiary/aromatic N) is 4. The van der Waals surface area contributed by atoms with Gasteiger partial charge < -0.3 is 19.5 Å². The molecule has 0 spiro atoms. The van der Waals surface area contributed by atoms with E-state index < -0.39 is 0 Å². The fourth-order valence-electron chi connectivity index (χ4n) is 4.41. The summed E-state index contributed by atoms with van der Waals surface area (Å²) in [6, 6.07) is 9.07. The Labute approximate surface area is 165 Å². The number of morpholine rings is 1. The van der Waals surface area contributed by atoms with Crippen LogP contribution in [0.3, 0.4) is 0 Å². The van der Waals surface area contributed by atoms with Crippen LogP contribution in [0.25, 0.3) is 11.0 Å². The largest absolute Gasteiger partial charge is 0.378 e. The number of anilines is 3. The van der Waals surface area contributed by atoms with Crippen LogP contribution in [0.1, 0.15) is 37.3 Å². The number of hydrogen-bond donors (Lipinski definition) is 1. The number of rotatable bonds is 4. The van der Waals surface area contributed by atoms with Gasteiger partial charge in [0.1, 0.15) is 5.65 Å². The molecule has 0 bridgehead atoms. The summed E-state index contributed by atoms with van der Waals surface area (Å²) in [5.41, 5.74) is 4.54. The second-order valence-electron chi connectivity index (χ2n) is 7.86. The second-order valence-corrected chi connectivity index (χ2v) is 7.86. The Morgan fingerprint density at radius 3 is 2.57 bits per heavy atom. The van der Waals surface area contributed by atoms with Crippen molar-refractivity contribution >= 4 is 28.4 Å². The van der Waals surface area contributed by atoms with Crippen molar-refractivity contribution in [2.75, 3.05) is 36.5 Å². The predicted molar refractivity (Wildman–Crippen MR) is 113 cm³/mol. The number of ether oxygens (including phenoxy) is 1. The van der Waals surface area contributed by atoms with Gasteiger partial charge in [-0.3, -0.25) is 0 Å². The van der Waals surface area contributed by atoms with Crippen molar-refractivity contribution in [2.45, 2.75) is 38.6 Å². The molecule has 1 aliphatic carbocycles. The van der Waals surface area contributed by atoms with E-state index in [0.717, 1.165) is 43.0 Å². The minimum atomic E-state index is 0.576. The molecular formula is C22H27N5O. The molecule has 3 aromatic rings. The zero-order valence-electron chi connectivity index (χ0n) is 16.4. The first-order chi connectivity index (χ1) is 13.8. The van der Waals surface area contributed by atoms with E-state index in [-0.39, 0.29) is 0 Å². The van der Waals surface area contributed by atoms with Crippen molar-refractivity contribution in [3.05, 3.63) is 42.2 Å². The van der Waals surface area contributed by atoms with Crippen molar-refractivity contribution in [3.63, 3.8) is 0 Å². The summed E-state index contributed by atoms with van der Waals surface area (Å²) < 4.78 is 7.80. The molecular weight excluding hydrogens is 350 g/mol. The molecule has 1 N–H and O–H groups in total. The van der Waals surface area contributed by atoms with Crippen LogP contribution in [-0.4, -0.2) is 40.8 Å². The number of aromatic nitrogens is 3. The van der Waals surface area contributed by atoms with Crippen LogP contribution in [0.4, 0.5) is 17.3 Å². The average molecular weight is 377 g/mol. The van der Waals surface area contributed by atoms with Gasteiger partial charge in [0, 0.05) is 48.3 Å². The average Bonchev–Trinajstić information content (AvgIpc) is 3.37. The highest BCUT2D eigenvalue weighted by atomic mass is 16.5. The third-order valence-corrected chi connectivity index (χ3v) is 5.99. The molecule has 28 heavy (non-hydrogen) atoms. The van der Waals surface area contributed by atoms with E-state index >= 15 is 0 Å². The molecule has 1 saturated heterocycles. The van der Waals surface area contributed by atoms with E-state index in [0.29, 0.717) is 12.0 Å². The van der Waals surface area contributed by atoms with Gasteiger partial charge in [-0.15, -0.1) is 0 Å². The van der Waals surface area contributed by atoms with Crippen molar-refractivity contribution in [1.82, 2.24) is 14.5 Å². The Morgan fingerprint density at radius 2 is 1.82 bits per heavy atom. The molecule has 6 heteroatoms. The van der Waals surface area contributed by atoms with Crippen molar-refractivity contribution < 1.29 is 4.74 Å². The summed E-state index contributed by atoms with van der Waals surface area (Å²) in [5.74, 6) is 0.656. The van der Waals surface area contributed by atoms with E-state index in [4.69, 9.17) is 9.72 Å². The molecule has 1 saturated carbocycles. The van der Waals surface area contributed by atoms with Crippen LogP contribution in [0.5, 0.6) is 0 Å². The van der Waals surface area contributed by atoms with Crippen LogP contribution in [-0.2, 0) is 4.74 Å². The van der Waals surface area contributed by atoms with Gasteiger partial charge in [0.2, 0.25) is 5.95 Å². The quantitative estimate of drug-likeness (QED) is 0.729. The molecule has 2 aliphatic rings. The summed E-state index contributed by atoms with van der Waals surface area (Å²) in [6.07, 6.45) is 9.33. The van der Waals surface area contributed by atoms with E-state index in [2.05, 4.69) is 57.2 Å². The Kier molecular flexibility index (Phi) is 4.64. The molecule has 3 heterocycles. The zero-order chi connectivity index (χ0) is 18.9. The first-order valence-corrected chi connectivity index (χ1v) is 10.3. The molecule has 1 aromatic carbocycles. The molecule has 1 aliphatic heterocycles.